The van der Waals surface area contributed by atoms with Crippen LogP contribution in [0.4, 0.5) is 13.2 Å². The molecule has 1 aliphatic rings. The van der Waals surface area contributed by atoms with Crippen LogP contribution in [0.5, 0.6) is 0 Å². The van der Waals surface area contributed by atoms with Crippen LogP contribution >= 0.6 is 11.3 Å². The highest BCUT2D eigenvalue weighted by molar-refractivity contribution is 7.11. The molecule has 1 atom stereocenters. The van der Waals surface area contributed by atoms with E-state index in [1.54, 1.807) is 17.4 Å². The van der Waals surface area contributed by atoms with Crippen molar-refractivity contribution in [3.8, 4) is 0 Å². The molecule has 0 aliphatic carbocycles. The fourth-order valence-corrected chi connectivity index (χ4v) is 4.11. The molecule has 1 aromatic heterocycles. The van der Waals surface area contributed by atoms with Gasteiger partial charge in [-0.2, -0.15) is 13.2 Å². The molecule has 0 saturated carbocycles. The van der Waals surface area contributed by atoms with Crippen molar-refractivity contribution in [2.75, 3.05) is 26.2 Å². The van der Waals surface area contributed by atoms with Crippen molar-refractivity contribution < 1.29 is 17.9 Å². The van der Waals surface area contributed by atoms with Crippen LogP contribution in [0.3, 0.4) is 0 Å². The quantitative estimate of drug-likeness (QED) is 0.585. The minimum atomic E-state index is -4.37. The third-order valence-electron chi connectivity index (χ3n) is 4.66. The Morgan fingerprint density at radius 3 is 2.83 bits per heavy atom. The van der Waals surface area contributed by atoms with Crippen molar-refractivity contribution in [3.05, 3.63) is 51.0 Å². The lowest BCUT2D eigenvalue weighted by Gasteiger charge is -2.35. The Labute approximate surface area is 172 Å². The van der Waals surface area contributed by atoms with Crippen LogP contribution in [0.15, 0.2) is 29.3 Å². The van der Waals surface area contributed by atoms with Gasteiger partial charge in [-0.15, -0.1) is 11.3 Å². The van der Waals surface area contributed by atoms with E-state index in [0.717, 1.165) is 27.6 Å². The molecule has 2 heterocycles. The molecule has 158 valence electrons. The molecule has 29 heavy (non-hydrogen) atoms. The zero-order valence-corrected chi connectivity index (χ0v) is 17.5. The van der Waals surface area contributed by atoms with Gasteiger partial charge in [-0.3, -0.25) is 0 Å². The zero-order chi connectivity index (χ0) is 21.0. The molecular weight excluding hydrogens is 401 g/mol. The standard InChI is InChI=1S/C20H25F3N4OS/c1-4-24-19(25-11-18-13(2)26-14(3)29-18)27-8-9-28-17(12-27)15-6-5-7-16(10-15)20(21,22)23/h5-7,10,17H,4,8-9,11-12H2,1-3H3,(H,24,25). The van der Waals surface area contributed by atoms with Gasteiger partial charge in [0.1, 0.15) is 6.10 Å². The maximum Gasteiger partial charge on any atom is 0.416 e. The van der Waals surface area contributed by atoms with Gasteiger partial charge < -0.3 is 15.0 Å². The van der Waals surface area contributed by atoms with E-state index in [-0.39, 0.29) is 0 Å². The fourth-order valence-electron chi connectivity index (χ4n) is 3.25. The van der Waals surface area contributed by atoms with E-state index < -0.39 is 17.8 Å². The second kappa shape index (κ2) is 9.13. The third kappa shape index (κ3) is 5.48. The number of hydrogen-bond acceptors (Lipinski definition) is 4. The Kier molecular flexibility index (Phi) is 6.79. The molecular formula is C20H25F3N4OS. The number of aliphatic imine (C=N–C) groups is 1. The van der Waals surface area contributed by atoms with Gasteiger partial charge in [0, 0.05) is 18.0 Å². The summed E-state index contributed by atoms with van der Waals surface area (Å²) in [6, 6.07) is 5.35. The largest absolute Gasteiger partial charge is 0.416 e. The number of alkyl halides is 3. The normalized spacial score (nSPS) is 18.2. The summed E-state index contributed by atoms with van der Waals surface area (Å²) in [7, 11) is 0. The Morgan fingerprint density at radius 2 is 2.17 bits per heavy atom. The smallest absolute Gasteiger partial charge is 0.370 e. The molecule has 1 N–H and O–H groups in total. The first-order chi connectivity index (χ1) is 13.8. The molecule has 9 heteroatoms. The monoisotopic (exact) mass is 426 g/mol. The van der Waals surface area contributed by atoms with Gasteiger partial charge in [0.25, 0.3) is 0 Å². The van der Waals surface area contributed by atoms with E-state index in [0.29, 0.717) is 38.3 Å². The number of hydrogen-bond donors (Lipinski definition) is 1. The van der Waals surface area contributed by atoms with Crippen LogP contribution in [0.25, 0.3) is 0 Å². The highest BCUT2D eigenvalue weighted by atomic mass is 32.1. The lowest BCUT2D eigenvalue weighted by Crippen LogP contribution is -2.48. The van der Waals surface area contributed by atoms with Crippen molar-refractivity contribution in [1.82, 2.24) is 15.2 Å². The lowest BCUT2D eigenvalue weighted by molar-refractivity contribution is -0.137. The van der Waals surface area contributed by atoms with Gasteiger partial charge in [0.2, 0.25) is 0 Å². The number of aromatic nitrogens is 1. The molecule has 2 aromatic rings. The maximum absolute atomic E-state index is 13.1. The van der Waals surface area contributed by atoms with Gasteiger partial charge in [-0.1, -0.05) is 12.1 Å². The summed E-state index contributed by atoms with van der Waals surface area (Å²) < 4.78 is 44.9. The van der Waals surface area contributed by atoms with Crippen molar-refractivity contribution in [2.45, 2.75) is 39.6 Å². The second-order valence-corrected chi connectivity index (χ2v) is 8.13. The van der Waals surface area contributed by atoms with Gasteiger partial charge in [-0.25, -0.2) is 9.98 Å². The molecule has 0 bridgehead atoms. The lowest BCUT2D eigenvalue weighted by atomic mass is 10.0. The van der Waals surface area contributed by atoms with Gasteiger partial charge in [0.15, 0.2) is 5.96 Å². The van der Waals surface area contributed by atoms with Crippen molar-refractivity contribution >= 4 is 17.3 Å². The van der Waals surface area contributed by atoms with Crippen LogP contribution in [0.2, 0.25) is 0 Å². The molecule has 0 radical (unpaired) electrons. The predicted octanol–water partition coefficient (Wildman–Crippen LogP) is 4.32. The maximum atomic E-state index is 13.1. The SMILES string of the molecule is CCNC(=NCc1sc(C)nc1C)N1CCOC(c2cccc(C(F)(F)F)c2)C1. The predicted molar refractivity (Wildman–Crippen MR) is 108 cm³/mol. The summed E-state index contributed by atoms with van der Waals surface area (Å²) in [6.45, 7) is 8.63. The summed E-state index contributed by atoms with van der Waals surface area (Å²) in [5.41, 5.74) is 0.845. The van der Waals surface area contributed by atoms with Crippen molar-refractivity contribution in [1.29, 1.82) is 0 Å². The molecule has 1 unspecified atom stereocenters. The minimum Gasteiger partial charge on any atom is -0.370 e. The summed E-state index contributed by atoms with van der Waals surface area (Å²) in [4.78, 5) is 12.3. The van der Waals surface area contributed by atoms with Crippen LogP contribution in [0.1, 0.15) is 39.7 Å². The highest BCUT2D eigenvalue weighted by Gasteiger charge is 2.32. The number of halogens is 3. The molecule has 5 nitrogen and oxygen atoms in total. The number of nitrogens with zero attached hydrogens (tertiary/aromatic N) is 3. The number of nitrogens with one attached hydrogen (secondary N) is 1. The summed E-state index contributed by atoms with van der Waals surface area (Å²) in [6.07, 6.45) is -4.81. The van der Waals surface area contributed by atoms with Crippen molar-refractivity contribution in [2.24, 2.45) is 4.99 Å². The van der Waals surface area contributed by atoms with Gasteiger partial charge in [-0.05, 0) is 38.5 Å². The number of thiazole rings is 1. The summed E-state index contributed by atoms with van der Waals surface area (Å²) in [5, 5.41) is 4.29. The van der Waals surface area contributed by atoms with E-state index in [4.69, 9.17) is 9.73 Å². The van der Waals surface area contributed by atoms with E-state index >= 15 is 0 Å². The topological polar surface area (TPSA) is 49.8 Å². The number of aryl methyl sites for hydroxylation is 2. The zero-order valence-electron chi connectivity index (χ0n) is 16.7. The van der Waals surface area contributed by atoms with E-state index in [1.165, 1.54) is 12.1 Å². The van der Waals surface area contributed by atoms with Gasteiger partial charge in [0.05, 0.1) is 36.0 Å². The Morgan fingerprint density at radius 1 is 1.38 bits per heavy atom. The Hall–Kier alpha value is -2.13. The first-order valence-electron chi connectivity index (χ1n) is 9.53. The molecule has 1 aliphatic heterocycles. The first-order valence-corrected chi connectivity index (χ1v) is 10.3. The van der Waals surface area contributed by atoms with Crippen LogP contribution in [-0.4, -0.2) is 42.1 Å². The molecule has 3 rings (SSSR count). The molecule has 1 aromatic carbocycles. The van der Waals surface area contributed by atoms with Crippen LogP contribution < -0.4 is 5.32 Å². The molecule has 1 saturated heterocycles. The minimum absolute atomic E-state index is 0.421. The number of rotatable bonds is 4. The Bertz CT molecular complexity index is 866. The van der Waals surface area contributed by atoms with Crippen LogP contribution in [0, 0.1) is 13.8 Å². The van der Waals surface area contributed by atoms with Gasteiger partial charge >= 0.3 is 6.18 Å². The molecule has 0 spiro atoms. The average Bonchev–Trinajstić information content (AvgIpc) is 3.02. The van der Waals surface area contributed by atoms with E-state index in [1.807, 2.05) is 25.7 Å². The third-order valence-corrected chi connectivity index (χ3v) is 5.72. The number of morpholine rings is 1. The van der Waals surface area contributed by atoms with Crippen LogP contribution in [-0.2, 0) is 17.5 Å². The number of benzene rings is 1. The molecule has 1 fully saturated rings. The first kappa shape index (κ1) is 21.6. The number of ether oxygens (including phenoxy) is 1. The molecule has 0 amide bonds. The fraction of sp³-hybridized carbons (Fsp3) is 0.500. The van der Waals surface area contributed by atoms with E-state index in [9.17, 15) is 13.2 Å². The highest BCUT2D eigenvalue weighted by Crippen LogP contribution is 2.32. The second-order valence-electron chi connectivity index (χ2n) is 6.84. The summed E-state index contributed by atoms with van der Waals surface area (Å²) in [5.74, 6) is 0.734. The average molecular weight is 427 g/mol. The van der Waals surface area contributed by atoms with E-state index in [2.05, 4.69) is 10.3 Å². The summed E-state index contributed by atoms with van der Waals surface area (Å²) >= 11 is 1.63. The number of guanidine groups is 1. The Balaban J connectivity index is 1.76. The van der Waals surface area contributed by atoms with Crippen molar-refractivity contribution in [3.63, 3.8) is 0 Å².